The lowest BCUT2D eigenvalue weighted by molar-refractivity contribution is 0.00740. The number of fused-ring (bicyclic) bond motifs is 1. The van der Waals surface area contributed by atoms with Crippen LogP contribution >= 0.6 is 11.3 Å². The van der Waals surface area contributed by atoms with E-state index < -0.39 is 0 Å². The van der Waals surface area contributed by atoms with Crippen molar-refractivity contribution in [1.29, 1.82) is 0 Å². The molecule has 29 heavy (non-hydrogen) atoms. The number of rotatable bonds is 14. The van der Waals surface area contributed by atoms with Crippen molar-refractivity contribution in [3.8, 4) is 0 Å². The van der Waals surface area contributed by atoms with Gasteiger partial charge >= 0.3 is 0 Å². The third-order valence-electron chi connectivity index (χ3n) is 6.40. The Labute approximate surface area is 184 Å². The predicted molar refractivity (Wildman–Crippen MR) is 131 cm³/mol. The van der Waals surface area contributed by atoms with E-state index in [0.717, 1.165) is 18.9 Å². The molecule has 1 aromatic heterocycles. The van der Waals surface area contributed by atoms with Gasteiger partial charge in [-0.3, -0.25) is 0 Å². The topological polar surface area (TPSA) is 9.23 Å². The van der Waals surface area contributed by atoms with Crippen LogP contribution < -0.4 is 0 Å². The number of thiophene rings is 1. The summed E-state index contributed by atoms with van der Waals surface area (Å²) in [5.74, 6) is 2.12. The van der Waals surface area contributed by atoms with Crippen LogP contribution in [0.5, 0.6) is 0 Å². The fourth-order valence-corrected chi connectivity index (χ4v) is 5.28. The Morgan fingerprint density at radius 3 is 2.34 bits per heavy atom. The van der Waals surface area contributed by atoms with Gasteiger partial charge in [0, 0.05) is 16.2 Å². The first kappa shape index (κ1) is 24.4. The van der Waals surface area contributed by atoms with Crippen LogP contribution in [0, 0.1) is 17.8 Å². The maximum Gasteiger partial charge on any atom is 0.0572 e. The van der Waals surface area contributed by atoms with E-state index in [1.165, 1.54) is 65.5 Å². The highest BCUT2D eigenvalue weighted by atomic mass is 32.1. The molecule has 0 saturated carbocycles. The molecule has 1 aromatic carbocycles. The van der Waals surface area contributed by atoms with Gasteiger partial charge in [-0.05, 0) is 73.4 Å². The molecule has 1 nitrogen and oxygen atoms in total. The minimum atomic E-state index is 0.366. The maximum atomic E-state index is 6.25. The van der Waals surface area contributed by atoms with Gasteiger partial charge in [-0.15, -0.1) is 11.3 Å². The summed E-state index contributed by atoms with van der Waals surface area (Å²) in [4.78, 5) is 1.52. The highest BCUT2D eigenvalue weighted by molar-refractivity contribution is 7.19. The third-order valence-corrected chi connectivity index (χ3v) is 7.56. The average Bonchev–Trinajstić information content (AvgIpc) is 3.10. The molecule has 2 rings (SSSR count). The van der Waals surface area contributed by atoms with Crippen molar-refractivity contribution < 1.29 is 4.74 Å². The minimum absolute atomic E-state index is 0.366. The van der Waals surface area contributed by atoms with Crippen LogP contribution in [0.2, 0.25) is 0 Å². The van der Waals surface area contributed by atoms with Crippen LogP contribution in [0.1, 0.15) is 90.5 Å². The van der Waals surface area contributed by atoms with E-state index in [1.807, 2.05) is 11.3 Å². The lowest BCUT2D eigenvalue weighted by Crippen LogP contribution is -2.22. The Balaban J connectivity index is 1.72. The van der Waals surface area contributed by atoms with Crippen molar-refractivity contribution in [2.45, 2.75) is 99.0 Å². The van der Waals surface area contributed by atoms with Crippen LogP contribution in [-0.4, -0.2) is 12.7 Å². The van der Waals surface area contributed by atoms with E-state index in [1.54, 1.807) is 0 Å². The van der Waals surface area contributed by atoms with Crippen molar-refractivity contribution in [1.82, 2.24) is 0 Å². The first-order valence-corrected chi connectivity index (χ1v) is 12.9. The van der Waals surface area contributed by atoms with Gasteiger partial charge in [0.1, 0.15) is 0 Å². The SMILES string of the molecule is CCCc1cc2ccc(CCC(C)COC(C)C(C)CCC(C)CCC)cc2s1. The molecule has 1 heterocycles. The Bertz CT molecular complexity index is 704. The molecule has 164 valence electrons. The van der Waals surface area contributed by atoms with Crippen LogP contribution in [0.3, 0.4) is 0 Å². The molecule has 0 saturated heterocycles. The molecule has 0 aliphatic carbocycles. The van der Waals surface area contributed by atoms with E-state index in [2.05, 4.69) is 65.8 Å². The highest BCUT2D eigenvalue weighted by Gasteiger charge is 2.15. The molecule has 0 aliphatic rings. The summed E-state index contributed by atoms with van der Waals surface area (Å²) in [6, 6.07) is 9.41. The fourth-order valence-electron chi connectivity index (χ4n) is 4.05. The number of hydrogen-bond acceptors (Lipinski definition) is 2. The molecule has 0 fully saturated rings. The van der Waals surface area contributed by atoms with Gasteiger partial charge in [-0.1, -0.05) is 72.4 Å². The van der Waals surface area contributed by atoms with Gasteiger partial charge in [0.15, 0.2) is 0 Å². The minimum Gasteiger partial charge on any atom is -0.378 e. The smallest absolute Gasteiger partial charge is 0.0572 e. The molecule has 4 atom stereocenters. The largest absolute Gasteiger partial charge is 0.378 e. The molecule has 0 aliphatic heterocycles. The van der Waals surface area contributed by atoms with Crippen LogP contribution in [0.4, 0.5) is 0 Å². The van der Waals surface area contributed by atoms with Crippen molar-refractivity contribution in [2.24, 2.45) is 17.8 Å². The van der Waals surface area contributed by atoms with Crippen LogP contribution in [0.15, 0.2) is 24.3 Å². The Kier molecular flexibility index (Phi) is 10.7. The van der Waals surface area contributed by atoms with Gasteiger partial charge in [0.05, 0.1) is 6.10 Å². The van der Waals surface area contributed by atoms with Crippen LogP contribution in [-0.2, 0) is 17.6 Å². The van der Waals surface area contributed by atoms with Crippen molar-refractivity contribution in [3.63, 3.8) is 0 Å². The molecule has 2 heteroatoms. The third kappa shape index (κ3) is 8.42. The van der Waals surface area contributed by atoms with E-state index in [9.17, 15) is 0 Å². The van der Waals surface area contributed by atoms with Crippen molar-refractivity contribution >= 4 is 21.4 Å². The van der Waals surface area contributed by atoms with Crippen molar-refractivity contribution in [2.75, 3.05) is 6.61 Å². The number of aryl methyl sites for hydroxylation is 2. The quantitative estimate of drug-likeness (QED) is 0.299. The lowest BCUT2D eigenvalue weighted by atomic mass is 9.92. The molecule has 0 N–H and O–H groups in total. The monoisotopic (exact) mass is 416 g/mol. The van der Waals surface area contributed by atoms with Crippen molar-refractivity contribution in [3.05, 3.63) is 34.7 Å². The normalized spacial score (nSPS) is 16.1. The summed E-state index contributed by atoms with van der Waals surface area (Å²) in [6.07, 6.45) is 10.4. The van der Waals surface area contributed by atoms with Gasteiger partial charge in [-0.25, -0.2) is 0 Å². The molecular formula is C27H44OS. The molecule has 0 amide bonds. The molecular weight excluding hydrogens is 372 g/mol. The fraction of sp³-hybridized carbons (Fsp3) is 0.704. The van der Waals surface area contributed by atoms with Gasteiger partial charge in [0.2, 0.25) is 0 Å². The summed E-state index contributed by atoms with van der Waals surface area (Å²) in [7, 11) is 0. The Morgan fingerprint density at radius 2 is 1.62 bits per heavy atom. The van der Waals surface area contributed by atoms with E-state index in [-0.39, 0.29) is 0 Å². The Morgan fingerprint density at radius 1 is 0.828 bits per heavy atom. The second-order valence-electron chi connectivity index (χ2n) is 9.47. The molecule has 2 aromatic rings. The number of benzene rings is 1. The zero-order valence-corrected chi connectivity index (χ0v) is 20.6. The first-order chi connectivity index (χ1) is 13.9. The average molecular weight is 417 g/mol. The molecule has 0 radical (unpaired) electrons. The lowest BCUT2D eigenvalue weighted by Gasteiger charge is -2.23. The summed E-state index contributed by atoms with van der Waals surface area (Å²) >= 11 is 1.97. The number of ether oxygens (including phenoxy) is 1. The highest BCUT2D eigenvalue weighted by Crippen LogP contribution is 2.28. The summed E-state index contributed by atoms with van der Waals surface area (Å²) in [6.45, 7) is 14.8. The standard InChI is InChI=1S/C27H44OS/c1-7-9-20(3)11-13-22(5)23(6)28-19-21(4)12-14-24-15-16-25-18-26(10-8-2)29-27(25)17-24/h15-18,20-23H,7-14,19H2,1-6H3. The van der Waals surface area contributed by atoms with Gasteiger partial charge in [0.25, 0.3) is 0 Å². The summed E-state index contributed by atoms with van der Waals surface area (Å²) < 4.78 is 7.70. The second kappa shape index (κ2) is 12.7. The van der Waals surface area contributed by atoms with E-state index in [0.29, 0.717) is 17.9 Å². The predicted octanol–water partition coefficient (Wildman–Crippen LogP) is 8.68. The molecule has 0 bridgehead atoms. The summed E-state index contributed by atoms with van der Waals surface area (Å²) in [5.41, 5.74) is 1.47. The molecule has 0 spiro atoms. The van der Waals surface area contributed by atoms with Gasteiger partial charge < -0.3 is 4.74 Å². The van der Waals surface area contributed by atoms with Crippen LogP contribution in [0.25, 0.3) is 10.1 Å². The summed E-state index contributed by atoms with van der Waals surface area (Å²) in [5, 5.41) is 1.41. The zero-order chi connectivity index (χ0) is 21.2. The zero-order valence-electron chi connectivity index (χ0n) is 19.8. The number of hydrogen-bond donors (Lipinski definition) is 0. The Hall–Kier alpha value is -0.860. The van der Waals surface area contributed by atoms with Gasteiger partial charge in [-0.2, -0.15) is 0 Å². The first-order valence-electron chi connectivity index (χ1n) is 12.1. The molecule has 4 unspecified atom stereocenters. The maximum absolute atomic E-state index is 6.25. The second-order valence-corrected chi connectivity index (χ2v) is 10.6. The van der Waals surface area contributed by atoms with E-state index >= 15 is 0 Å². The van der Waals surface area contributed by atoms with E-state index in [4.69, 9.17) is 4.74 Å².